The molecule has 2 aromatic carbocycles. The van der Waals surface area contributed by atoms with Gasteiger partial charge >= 0.3 is 0 Å². The van der Waals surface area contributed by atoms with E-state index in [9.17, 15) is 8.42 Å². The van der Waals surface area contributed by atoms with Crippen molar-refractivity contribution in [3.63, 3.8) is 0 Å². The average Bonchev–Trinajstić information content (AvgIpc) is 2.70. The minimum absolute atomic E-state index is 0. The topological polar surface area (TPSA) is 67.9 Å². The van der Waals surface area contributed by atoms with E-state index in [1.807, 2.05) is 0 Å². The second-order valence-corrected chi connectivity index (χ2v) is 8.33. The standard InChI is InChI=1S/C20H26N2O4S.ClH/c1-25-19-9-8-18(14-20(19)26-2)27(23,24)21-11-5-12-22-13-10-16-6-3-4-7-17(16)15-22;/h3-4,6-9,14,21H,5,10-13,15H2,1-2H3;1H. The third kappa shape index (κ3) is 5.38. The first-order valence-electron chi connectivity index (χ1n) is 9.04. The molecule has 0 aromatic heterocycles. The predicted octanol–water partition coefficient (Wildman–Crippen LogP) is 2.85. The van der Waals surface area contributed by atoms with Crippen molar-refractivity contribution in [3.05, 3.63) is 53.6 Å². The lowest BCUT2D eigenvalue weighted by molar-refractivity contribution is 0.251. The third-order valence-corrected chi connectivity index (χ3v) is 6.28. The van der Waals surface area contributed by atoms with Gasteiger partial charge in [0.05, 0.1) is 19.1 Å². The first-order valence-corrected chi connectivity index (χ1v) is 10.5. The number of nitrogens with zero attached hydrogens (tertiary/aromatic N) is 1. The lowest BCUT2D eigenvalue weighted by Gasteiger charge is -2.28. The predicted molar refractivity (Wildman–Crippen MR) is 112 cm³/mol. The van der Waals surface area contributed by atoms with Crippen LogP contribution in [0.5, 0.6) is 11.5 Å². The zero-order valence-electron chi connectivity index (χ0n) is 16.2. The number of halogens is 1. The molecule has 1 aliphatic rings. The van der Waals surface area contributed by atoms with Crippen LogP contribution in [-0.2, 0) is 23.0 Å². The van der Waals surface area contributed by atoms with Crippen LogP contribution in [0.4, 0.5) is 0 Å². The largest absolute Gasteiger partial charge is 0.493 e. The fourth-order valence-corrected chi connectivity index (χ4v) is 4.41. The molecule has 6 nitrogen and oxygen atoms in total. The number of fused-ring (bicyclic) bond motifs is 1. The second kappa shape index (κ2) is 10.1. The van der Waals surface area contributed by atoms with Crippen molar-refractivity contribution in [3.8, 4) is 11.5 Å². The highest BCUT2D eigenvalue weighted by atomic mass is 35.5. The van der Waals surface area contributed by atoms with Gasteiger partial charge in [-0.05, 0) is 42.6 Å². The van der Waals surface area contributed by atoms with E-state index in [0.717, 1.165) is 32.5 Å². The number of hydrogen-bond acceptors (Lipinski definition) is 5. The van der Waals surface area contributed by atoms with Gasteiger partial charge in [0.25, 0.3) is 0 Å². The molecule has 8 heteroatoms. The van der Waals surface area contributed by atoms with Gasteiger partial charge in [-0.1, -0.05) is 24.3 Å². The Labute approximate surface area is 173 Å². The number of benzene rings is 2. The number of sulfonamides is 1. The van der Waals surface area contributed by atoms with Crippen molar-refractivity contribution < 1.29 is 17.9 Å². The highest BCUT2D eigenvalue weighted by molar-refractivity contribution is 7.89. The van der Waals surface area contributed by atoms with E-state index in [2.05, 4.69) is 33.9 Å². The van der Waals surface area contributed by atoms with Gasteiger partial charge in [0.2, 0.25) is 10.0 Å². The van der Waals surface area contributed by atoms with Gasteiger partial charge in [-0.25, -0.2) is 13.1 Å². The summed E-state index contributed by atoms with van der Waals surface area (Å²) < 4.78 is 38.0. The van der Waals surface area contributed by atoms with Crippen LogP contribution in [0.1, 0.15) is 17.5 Å². The van der Waals surface area contributed by atoms with E-state index in [4.69, 9.17) is 9.47 Å². The number of rotatable bonds is 8. The summed E-state index contributed by atoms with van der Waals surface area (Å²) in [5.41, 5.74) is 2.79. The van der Waals surface area contributed by atoms with Crippen molar-refractivity contribution in [1.29, 1.82) is 0 Å². The minimum atomic E-state index is -3.57. The molecule has 0 saturated heterocycles. The van der Waals surface area contributed by atoms with Crippen molar-refractivity contribution in [2.45, 2.75) is 24.3 Å². The quantitative estimate of drug-likeness (QED) is 0.657. The first-order chi connectivity index (χ1) is 13.0. The zero-order chi connectivity index (χ0) is 19.3. The molecule has 0 atom stereocenters. The lowest BCUT2D eigenvalue weighted by Crippen LogP contribution is -2.33. The molecular formula is C20H27ClN2O4S. The summed E-state index contributed by atoms with van der Waals surface area (Å²) in [6, 6.07) is 13.1. The Morgan fingerprint density at radius 2 is 1.75 bits per heavy atom. The maximum atomic E-state index is 12.5. The molecule has 0 aliphatic carbocycles. The Bertz CT molecular complexity index is 890. The highest BCUT2D eigenvalue weighted by Gasteiger charge is 2.18. The molecule has 0 bridgehead atoms. The van der Waals surface area contributed by atoms with Gasteiger partial charge in [-0.15, -0.1) is 12.4 Å². The summed E-state index contributed by atoms with van der Waals surface area (Å²) in [7, 11) is -0.572. The molecular weight excluding hydrogens is 400 g/mol. The molecule has 0 fully saturated rings. The van der Waals surface area contributed by atoms with Gasteiger partial charge in [0.15, 0.2) is 11.5 Å². The summed E-state index contributed by atoms with van der Waals surface area (Å²) in [6.45, 7) is 3.20. The second-order valence-electron chi connectivity index (χ2n) is 6.56. The van der Waals surface area contributed by atoms with E-state index >= 15 is 0 Å². The van der Waals surface area contributed by atoms with Crippen LogP contribution in [0.15, 0.2) is 47.4 Å². The van der Waals surface area contributed by atoms with Gasteiger partial charge in [0.1, 0.15) is 0 Å². The SMILES string of the molecule is COc1ccc(S(=O)(=O)NCCCN2CCc3ccccc3C2)cc1OC.Cl. The van der Waals surface area contributed by atoms with Crippen molar-refractivity contribution in [2.75, 3.05) is 33.9 Å². The third-order valence-electron chi connectivity index (χ3n) is 4.82. The van der Waals surface area contributed by atoms with E-state index in [-0.39, 0.29) is 17.3 Å². The Hall–Kier alpha value is -1.80. The molecule has 3 rings (SSSR count). The Kier molecular flexibility index (Phi) is 8.12. The average molecular weight is 427 g/mol. The minimum Gasteiger partial charge on any atom is -0.493 e. The van der Waals surface area contributed by atoms with Gasteiger partial charge in [-0.3, -0.25) is 4.90 Å². The van der Waals surface area contributed by atoms with Crippen LogP contribution < -0.4 is 14.2 Å². The van der Waals surface area contributed by atoms with Crippen LogP contribution in [0.2, 0.25) is 0 Å². The highest BCUT2D eigenvalue weighted by Crippen LogP contribution is 2.29. The first kappa shape index (κ1) is 22.5. The van der Waals surface area contributed by atoms with Gasteiger partial charge < -0.3 is 9.47 Å². The van der Waals surface area contributed by atoms with E-state index < -0.39 is 10.0 Å². The molecule has 0 saturated carbocycles. The van der Waals surface area contributed by atoms with E-state index in [0.29, 0.717) is 18.0 Å². The number of nitrogens with one attached hydrogen (secondary N) is 1. The summed E-state index contributed by atoms with van der Waals surface area (Å²) >= 11 is 0. The Balaban J connectivity index is 0.00000280. The molecule has 1 aliphatic heterocycles. The molecule has 0 unspecified atom stereocenters. The molecule has 0 radical (unpaired) electrons. The molecule has 154 valence electrons. The van der Waals surface area contributed by atoms with Gasteiger partial charge in [0, 0.05) is 25.7 Å². The molecule has 0 amide bonds. The van der Waals surface area contributed by atoms with E-state index in [1.165, 1.54) is 37.5 Å². The van der Waals surface area contributed by atoms with Crippen LogP contribution in [0.3, 0.4) is 0 Å². The summed E-state index contributed by atoms with van der Waals surface area (Å²) in [4.78, 5) is 2.54. The smallest absolute Gasteiger partial charge is 0.240 e. The molecule has 0 spiro atoms. The van der Waals surface area contributed by atoms with Crippen LogP contribution in [-0.4, -0.2) is 47.2 Å². The van der Waals surface area contributed by atoms with Crippen molar-refractivity contribution >= 4 is 22.4 Å². The van der Waals surface area contributed by atoms with Crippen LogP contribution in [0, 0.1) is 0 Å². The molecule has 28 heavy (non-hydrogen) atoms. The van der Waals surface area contributed by atoms with Crippen LogP contribution in [0.25, 0.3) is 0 Å². The summed E-state index contributed by atoms with van der Waals surface area (Å²) in [5.74, 6) is 0.897. The number of ether oxygens (including phenoxy) is 2. The maximum Gasteiger partial charge on any atom is 0.240 e. The Morgan fingerprint density at radius 1 is 1.04 bits per heavy atom. The van der Waals surface area contributed by atoms with Crippen molar-refractivity contribution in [2.24, 2.45) is 0 Å². The molecule has 1 heterocycles. The lowest BCUT2D eigenvalue weighted by atomic mass is 10.00. The fourth-order valence-electron chi connectivity index (χ4n) is 3.32. The van der Waals surface area contributed by atoms with Crippen molar-refractivity contribution in [1.82, 2.24) is 9.62 Å². The van der Waals surface area contributed by atoms with Gasteiger partial charge in [-0.2, -0.15) is 0 Å². The Morgan fingerprint density at radius 3 is 2.46 bits per heavy atom. The fraction of sp³-hybridized carbons (Fsp3) is 0.400. The summed E-state index contributed by atoms with van der Waals surface area (Å²) in [6.07, 6.45) is 1.81. The monoisotopic (exact) mass is 426 g/mol. The molecule has 1 N–H and O–H groups in total. The maximum absolute atomic E-state index is 12.5. The zero-order valence-corrected chi connectivity index (χ0v) is 17.8. The number of methoxy groups -OCH3 is 2. The van der Waals surface area contributed by atoms with E-state index in [1.54, 1.807) is 6.07 Å². The normalized spacial score (nSPS) is 14.1. The molecule has 2 aromatic rings. The summed E-state index contributed by atoms with van der Waals surface area (Å²) in [5, 5.41) is 0. The number of hydrogen-bond donors (Lipinski definition) is 1. The van der Waals surface area contributed by atoms with Crippen LogP contribution >= 0.6 is 12.4 Å².